The van der Waals surface area contributed by atoms with E-state index in [0.29, 0.717) is 6.42 Å². The molecule has 2 aromatic rings. The Morgan fingerprint density at radius 1 is 1.47 bits per heavy atom. The molecule has 2 rings (SSSR count). The Hall–Kier alpha value is -1.90. The molecule has 3 heteroatoms. The van der Waals surface area contributed by atoms with E-state index in [0.717, 1.165) is 17.7 Å². The normalized spacial score (nSPS) is 10.2. The van der Waals surface area contributed by atoms with E-state index in [-0.39, 0.29) is 0 Å². The van der Waals surface area contributed by atoms with Crippen LogP contribution in [0.5, 0.6) is 0 Å². The van der Waals surface area contributed by atoms with Gasteiger partial charge in [-0.15, -0.1) is 0 Å². The number of carbonyl (C=O) groups is 1. The fourth-order valence-corrected chi connectivity index (χ4v) is 1.48. The standard InChI is InChI=1S/C12H12N2O/c1-10-3-2-4-12(7-10)14-8-11(5-6-15)13-9-14/h2-4,6-9H,5H2,1H3. The van der Waals surface area contributed by atoms with Gasteiger partial charge >= 0.3 is 0 Å². The van der Waals surface area contributed by atoms with Crippen molar-refractivity contribution in [2.24, 2.45) is 0 Å². The van der Waals surface area contributed by atoms with E-state index in [1.165, 1.54) is 5.56 Å². The van der Waals surface area contributed by atoms with Crippen molar-refractivity contribution in [2.45, 2.75) is 13.3 Å². The number of nitrogens with zero attached hydrogens (tertiary/aromatic N) is 2. The molecule has 0 N–H and O–H groups in total. The molecular formula is C12H12N2O. The summed E-state index contributed by atoms with van der Waals surface area (Å²) in [5.74, 6) is 0. The van der Waals surface area contributed by atoms with Crippen LogP contribution >= 0.6 is 0 Å². The first-order chi connectivity index (χ1) is 7.29. The molecule has 1 heterocycles. The summed E-state index contributed by atoms with van der Waals surface area (Å²) in [5.41, 5.74) is 3.07. The fourth-order valence-electron chi connectivity index (χ4n) is 1.48. The summed E-state index contributed by atoms with van der Waals surface area (Å²) in [6.45, 7) is 2.05. The average molecular weight is 200 g/mol. The Morgan fingerprint density at radius 2 is 2.33 bits per heavy atom. The van der Waals surface area contributed by atoms with E-state index in [2.05, 4.69) is 11.1 Å². The molecule has 1 aromatic carbocycles. The van der Waals surface area contributed by atoms with Crippen LogP contribution in [0.3, 0.4) is 0 Å². The molecule has 15 heavy (non-hydrogen) atoms. The topological polar surface area (TPSA) is 34.9 Å². The van der Waals surface area contributed by atoms with Crippen molar-refractivity contribution in [3.63, 3.8) is 0 Å². The van der Waals surface area contributed by atoms with E-state index < -0.39 is 0 Å². The summed E-state index contributed by atoms with van der Waals surface area (Å²) >= 11 is 0. The number of hydrogen-bond acceptors (Lipinski definition) is 2. The highest BCUT2D eigenvalue weighted by molar-refractivity contribution is 5.53. The summed E-state index contributed by atoms with van der Waals surface area (Å²) < 4.78 is 1.92. The highest BCUT2D eigenvalue weighted by atomic mass is 16.1. The van der Waals surface area contributed by atoms with Gasteiger partial charge in [0.15, 0.2) is 0 Å². The molecule has 76 valence electrons. The quantitative estimate of drug-likeness (QED) is 0.709. The maximum absolute atomic E-state index is 10.3. The van der Waals surface area contributed by atoms with Gasteiger partial charge in [0, 0.05) is 18.3 Å². The van der Waals surface area contributed by atoms with Gasteiger partial charge in [0.1, 0.15) is 6.29 Å². The Morgan fingerprint density at radius 3 is 3.07 bits per heavy atom. The maximum atomic E-state index is 10.3. The van der Waals surface area contributed by atoms with Gasteiger partial charge in [0.05, 0.1) is 12.0 Å². The maximum Gasteiger partial charge on any atom is 0.125 e. The van der Waals surface area contributed by atoms with Crippen molar-refractivity contribution >= 4 is 6.29 Å². The lowest BCUT2D eigenvalue weighted by molar-refractivity contribution is -0.107. The minimum Gasteiger partial charge on any atom is -0.306 e. The van der Waals surface area contributed by atoms with E-state index in [1.807, 2.05) is 35.9 Å². The van der Waals surface area contributed by atoms with Crippen LogP contribution in [-0.4, -0.2) is 15.8 Å². The van der Waals surface area contributed by atoms with Crippen molar-refractivity contribution in [1.82, 2.24) is 9.55 Å². The van der Waals surface area contributed by atoms with E-state index in [1.54, 1.807) is 6.33 Å². The molecule has 0 fully saturated rings. The molecule has 0 bridgehead atoms. The number of hydrogen-bond donors (Lipinski definition) is 0. The summed E-state index contributed by atoms with van der Waals surface area (Å²) in [5, 5.41) is 0. The molecule has 3 nitrogen and oxygen atoms in total. The molecule has 0 aliphatic carbocycles. The van der Waals surface area contributed by atoms with Crippen LogP contribution in [0.2, 0.25) is 0 Å². The second-order valence-corrected chi connectivity index (χ2v) is 3.48. The molecule has 0 unspecified atom stereocenters. The molecule has 1 aromatic heterocycles. The minimum absolute atomic E-state index is 0.374. The van der Waals surface area contributed by atoms with Crippen molar-refractivity contribution in [3.8, 4) is 5.69 Å². The second kappa shape index (κ2) is 4.09. The largest absolute Gasteiger partial charge is 0.306 e. The van der Waals surface area contributed by atoms with Gasteiger partial charge < -0.3 is 9.36 Å². The molecule has 0 amide bonds. The molecule has 0 saturated heterocycles. The Labute approximate surface area is 88.4 Å². The highest BCUT2D eigenvalue weighted by Crippen LogP contribution is 2.10. The highest BCUT2D eigenvalue weighted by Gasteiger charge is 1.99. The molecule has 0 aliphatic rings. The first kappa shape index (κ1) is 9.65. The van der Waals surface area contributed by atoms with Gasteiger partial charge in [-0.3, -0.25) is 0 Å². The first-order valence-corrected chi connectivity index (χ1v) is 4.83. The summed E-state index contributed by atoms with van der Waals surface area (Å²) in [7, 11) is 0. The molecule has 0 radical (unpaired) electrons. The fraction of sp³-hybridized carbons (Fsp3) is 0.167. The number of carbonyl (C=O) groups excluding carboxylic acids is 1. The van der Waals surface area contributed by atoms with Crippen molar-refractivity contribution < 1.29 is 4.79 Å². The van der Waals surface area contributed by atoms with Gasteiger partial charge in [-0.1, -0.05) is 12.1 Å². The Kier molecular flexibility index (Phi) is 2.63. The lowest BCUT2D eigenvalue weighted by Crippen LogP contribution is -1.90. The molecule has 0 atom stereocenters. The second-order valence-electron chi connectivity index (χ2n) is 3.48. The first-order valence-electron chi connectivity index (χ1n) is 4.83. The van der Waals surface area contributed by atoms with Crippen molar-refractivity contribution in [3.05, 3.63) is 48.0 Å². The molecular weight excluding hydrogens is 188 g/mol. The number of imidazole rings is 1. The van der Waals surface area contributed by atoms with Crippen LogP contribution in [0, 0.1) is 6.92 Å². The number of rotatable bonds is 3. The summed E-state index contributed by atoms with van der Waals surface area (Å²) in [6, 6.07) is 8.14. The Bertz CT molecular complexity index is 474. The predicted octanol–water partition coefficient (Wildman–Crippen LogP) is 1.92. The minimum atomic E-state index is 0.374. The van der Waals surface area contributed by atoms with Gasteiger partial charge in [-0.05, 0) is 24.6 Å². The van der Waals surface area contributed by atoms with Gasteiger partial charge in [-0.25, -0.2) is 4.98 Å². The third-order valence-electron chi connectivity index (χ3n) is 2.23. The zero-order valence-electron chi connectivity index (χ0n) is 8.55. The lowest BCUT2D eigenvalue weighted by Gasteiger charge is -2.01. The lowest BCUT2D eigenvalue weighted by atomic mass is 10.2. The number of aromatic nitrogens is 2. The van der Waals surface area contributed by atoms with Crippen LogP contribution in [0.15, 0.2) is 36.8 Å². The summed E-state index contributed by atoms with van der Waals surface area (Å²) in [4.78, 5) is 14.5. The number of aldehydes is 1. The Balaban J connectivity index is 2.32. The van der Waals surface area contributed by atoms with Crippen LogP contribution < -0.4 is 0 Å². The molecule has 0 spiro atoms. The molecule has 0 aliphatic heterocycles. The molecule has 0 saturated carbocycles. The number of benzene rings is 1. The zero-order chi connectivity index (χ0) is 10.7. The van der Waals surface area contributed by atoms with Crippen molar-refractivity contribution in [2.75, 3.05) is 0 Å². The van der Waals surface area contributed by atoms with Gasteiger partial charge in [0.25, 0.3) is 0 Å². The van der Waals surface area contributed by atoms with Crippen molar-refractivity contribution in [1.29, 1.82) is 0 Å². The van der Waals surface area contributed by atoms with E-state index in [4.69, 9.17) is 0 Å². The predicted molar refractivity (Wildman–Crippen MR) is 58.1 cm³/mol. The van der Waals surface area contributed by atoms with E-state index in [9.17, 15) is 4.79 Å². The zero-order valence-corrected chi connectivity index (χ0v) is 8.55. The third-order valence-corrected chi connectivity index (χ3v) is 2.23. The monoisotopic (exact) mass is 200 g/mol. The van der Waals surface area contributed by atoms with Crippen LogP contribution in [0.25, 0.3) is 5.69 Å². The summed E-state index contributed by atoms with van der Waals surface area (Å²) in [6.07, 6.45) is 4.85. The third kappa shape index (κ3) is 2.13. The van der Waals surface area contributed by atoms with Gasteiger partial charge in [0.2, 0.25) is 0 Å². The van der Waals surface area contributed by atoms with Gasteiger partial charge in [-0.2, -0.15) is 0 Å². The smallest absolute Gasteiger partial charge is 0.125 e. The van der Waals surface area contributed by atoms with E-state index >= 15 is 0 Å². The number of aryl methyl sites for hydroxylation is 1. The van der Waals surface area contributed by atoms with Crippen LogP contribution in [-0.2, 0) is 11.2 Å². The SMILES string of the molecule is Cc1cccc(-n2cnc(CC=O)c2)c1. The average Bonchev–Trinajstić information content (AvgIpc) is 2.67. The van der Waals surface area contributed by atoms with Crippen LogP contribution in [0.4, 0.5) is 0 Å². The van der Waals surface area contributed by atoms with Crippen LogP contribution in [0.1, 0.15) is 11.3 Å².